The number of aromatic nitrogens is 2. The van der Waals surface area contributed by atoms with E-state index in [1.165, 1.54) is 33.3 Å². The van der Waals surface area contributed by atoms with Crippen LogP contribution >= 0.6 is 0 Å². The summed E-state index contributed by atoms with van der Waals surface area (Å²) in [5, 5.41) is 4.50. The summed E-state index contributed by atoms with van der Waals surface area (Å²) in [5.41, 5.74) is 12.6. The van der Waals surface area contributed by atoms with E-state index in [1.807, 2.05) is 6.07 Å². The van der Waals surface area contributed by atoms with Crippen molar-refractivity contribution >= 4 is 54.9 Å². The lowest BCUT2D eigenvalue weighted by Crippen LogP contribution is -2.09. The molecule has 9 rings (SSSR count). The zero-order chi connectivity index (χ0) is 31.8. The number of imidazole rings is 1. The summed E-state index contributed by atoms with van der Waals surface area (Å²) in [6.07, 6.45) is 0. The molecule has 0 bridgehead atoms. The number of nitrogens with zero attached hydrogens (tertiary/aromatic N) is 2. The van der Waals surface area contributed by atoms with Gasteiger partial charge in [0, 0.05) is 21.5 Å². The van der Waals surface area contributed by atoms with Crippen molar-refractivity contribution in [1.82, 2.24) is 9.55 Å². The van der Waals surface area contributed by atoms with Crippen molar-refractivity contribution in [2.24, 2.45) is 0 Å². The zero-order valence-electron chi connectivity index (χ0n) is 26.9. The van der Waals surface area contributed by atoms with Gasteiger partial charge in [-0.1, -0.05) is 107 Å². The number of furan rings is 2. The van der Waals surface area contributed by atoms with E-state index in [4.69, 9.17) is 13.8 Å². The molecule has 4 heteroatoms. The summed E-state index contributed by atoms with van der Waals surface area (Å²) < 4.78 is 15.6. The highest BCUT2D eigenvalue weighted by molar-refractivity contribution is 6.11. The van der Waals surface area contributed by atoms with Gasteiger partial charge in [-0.25, -0.2) is 4.98 Å². The highest BCUT2D eigenvalue weighted by Crippen LogP contribution is 2.45. The molecule has 0 spiro atoms. The second kappa shape index (κ2) is 10.5. The first-order chi connectivity index (χ1) is 23.0. The van der Waals surface area contributed by atoms with Crippen molar-refractivity contribution in [1.29, 1.82) is 0 Å². The summed E-state index contributed by atoms with van der Waals surface area (Å²) in [6, 6.07) is 42.5. The number of hydrogen-bond acceptors (Lipinski definition) is 3. The minimum absolute atomic E-state index is 0.222. The van der Waals surface area contributed by atoms with Crippen LogP contribution in [-0.4, -0.2) is 9.55 Å². The van der Waals surface area contributed by atoms with Crippen molar-refractivity contribution in [3.05, 3.63) is 132 Å². The molecule has 0 unspecified atom stereocenters. The summed E-state index contributed by atoms with van der Waals surface area (Å²) in [5.74, 6) is 1.34. The third-order valence-corrected chi connectivity index (χ3v) is 9.54. The predicted octanol–water partition coefficient (Wildman–Crippen LogP) is 12.4. The number of hydrogen-bond donors (Lipinski definition) is 0. The monoisotopic (exact) mass is 610 g/mol. The molecule has 0 fully saturated rings. The quantitative estimate of drug-likeness (QED) is 0.195. The van der Waals surface area contributed by atoms with Crippen LogP contribution in [0.3, 0.4) is 0 Å². The summed E-state index contributed by atoms with van der Waals surface area (Å²) in [7, 11) is 0. The van der Waals surface area contributed by atoms with Crippen LogP contribution in [-0.2, 0) is 0 Å². The fourth-order valence-corrected chi connectivity index (χ4v) is 7.40. The first-order valence-corrected chi connectivity index (χ1v) is 16.4. The van der Waals surface area contributed by atoms with Crippen molar-refractivity contribution in [3.8, 4) is 28.2 Å². The molecule has 3 aromatic heterocycles. The second-order valence-corrected chi connectivity index (χ2v) is 13.1. The predicted molar refractivity (Wildman–Crippen MR) is 195 cm³/mol. The van der Waals surface area contributed by atoms with Crippen molar-refractivity contribution in [3.63, 3.8) is 0 Å². The number of fused-ring (bicyclic) bond motifs is 7. The Morgan fingerprint density at radius 3 is 2.15 bits per heavy atom. The molecule has 0 aliphatic carbocycles. The smallest absolute Gasteiger partial charge is 0.149 e. The van der Waals surface area contributed by atoms with E-state index in [0.29, 0.717) is 0 Å². The van der Waals surface area contributed by atoms with Gasteiger partial charge in [-0.3, -0.25) is 4.57 Å². The largest absolute Gasteiger partial charge is 0.456 e. The lowest BCUT2D eigenvalue weighted by Gasteiger charge is -2.23. The Hall–Kier alpha value is -5.61. The first kappa shape index (κ1) is 27.7. The molecule has 9 aromatic rings. The van der Waals surface area contributed by atoms with Crippen LogP contribution in [0.2, 0.25) is 0 Å². The van der Waals surface area contributed by atoms with Crippen molar-refractivity contribution < 1.29 is 8.83 Å². The van der Waals surface area contributed by atoms with Crippen LogP contribution in [0, 0.1) is 0 Å². The number of rotatable bonds is 5. The fraction of sp³-hybridized carbons (Fsp3) is 0.140. The molecule has 228 valence electrons. The minimum atomic E-state index is 0.222. The normalized spacial score (nSPS) is 12.2. The number of para-hydroxylation sites is 4. The van der Waals surface area contributed by atoms with Gasteiger partial charge in [0.05, 0.1) is 22.3 Å². The van der Waals surface area contributed by atoms with Gasteiger partial charge in [0.25, 0.3) is 0 Å². The highest BCUT2D eigenvalue weighted by atomic mass is 16.3. The van der Waals surface area contributed by atoms with E-state index in [2.05, 4.69) is 148 Å². The molecule has 4 nitrogen and oxygen atoms in total. The van der Waals surface area contributed by atoms with Crippen molar-refractivity contribution in [2.45, 2.75) is 39.5 Å². The molecule has 3 heterocycles. The van der Waals surface area contributed by atoms with Crippen molar-refractivity contribution in [2.75, 3.05) is 0 Å². The Morgan fingerprint density at radius 2 is 1.32 bits per heavy atom. The van der Waals surface area contributed by atoms with E-state index in [0.717, 1.165) is 60.9 Å². The third-order valence-electron chi connectivity index (χ3n) is 9.54. The van der Waals surface area contributed by atoms with Crippen LogP contribution in [0.4, 0.5) is 0 Å². The Labute approximate surface area is 272 Å². The average Bonchev–Trinajstić information content (AvgIpc) is 3.78. The van der Waals surface area contributed by atoms with E-state index in [-0.39, 0.29) is 11.8 Å². The lowest BCUT2D eigenvalue weighted by molar-refractivity contribution is 0.665. The Balaban J connectivity index is 1.39. The maximum atomic E-state index is 6.72. The van der Waals surface area contributed by atoms with E-state index in [1.54, 1.807) is 0 Å². The Morgan fingerprint density at radius 1 is 0.574 bits per heavy atom. The molecule has 0 radical (unpaired) electrons. The molecule has 0 aliphatic heterocycles. The Bertz CT molecular complexity index is 2630. The average molecular weight is 611 g/mol. The second-order valence-electron chi connectivity index (χ2n) is 13.1. The molecular weight excluding hydrogens is 576 g/mol. The van der Waals surface area contributed by atoms with Gasteiger partial charge < -0.3 is 8.83 Å². The molecule has 0 saturated heterocycles. The molecule has 0 amide bonds. The van der Waals surface area contributed by atoms with Gasteiger partial charge in [0.1, 0.15) is 28.2 Å². The standard InChI is InChI=1S/C43H34N2O2/c1-25(2)32-24-38-40(30-15-8-11-20-36(30)46-38)39(26(3)4)41(32)45-35-19-10-9-18-34(35)44-43(45)31-17-12-16-29-33-23-28(27-13-6-5-7-14-27)21-22-37(33)47-42(29)31/h5-26H,1-4H3. The fourth-order valence-electron chi connectivity index (χ4n) is 7.40. The summed E-state index contributed by atoms with van der Waals surface area (Å²) in [4.78, 5) is 5.36. The molecule has 0 saturated carbocycles. The zero-order valence-corrected chi connectivity index (χ0v) is 26.9. The van der Waals surface area contributed by atoms with E-state index < -0.39 is 0 Å². The lowest BCUT2D eigenvalue weighted by atomic mass is 9.88. The summed E-state index contributed by atoms with van der Waals surface area (Å²) >= 11 is 0. The Kier molecular flexibility index (Phi) is 6.16. The van der Waals surface area contributed by atoms with Crippen LogP contribution in [0.1, 0.15) is 50.7 Å². The van der Waals surface area contributed by atoms with Gasteiger partial charge in [0.2, 0.25) is 0 Å². The maximum absolute atomic E-state index is 6.72. The van der Waals surface area contributed by atoms with Crippen LogP contribution in [0.15, 0.2) is 130 Å². The topological polar surface area (TPSA) is 44.1 Å². The van der Waals surface area contributed by atoms with Crippen LogP contribution in [0.25, 0.3) is 83.1 Å². The van der Waals surface area contributed by atoms with Crippen LogP contribution < -0.4 is 0 Å². The summed E-state index contributed by atoms with van der Waals surface area (Å²) in [6.45, 7) is 9.10. The van der Waals surface area contributed by atoms with Crippen LogP contribution in [0.5, 0.6) is 0 Å². The van der Waals surface area contributed by atoms with Gasteiger partial charge in [-0.2, -0.15) is 0 Å². The SMILES string of the molecule is CC(C)c1cc2oc3ccccc3c2c(C(C)C)c1-n1c(-c2cccc3c2oc2ccc(-c4ccccc4)cc23)nc2ccccc21. The maximum Gasteiger partial charge on any atom is 0.149 e. The van der Waals surface area contributed by atoms with E-state index in [9.17, 15) is 0 Å². The third kappa shape index (κ3) is 4.18. The first-order valence-electron chi connectivity index (χ1n) is 16.4. The molecule has 0 N–H and O–H groups in total. The highest BCUT2D eigenvalue weighted by Gasteiger charge is 2.28. The van der Waals surface area contributed by atoms with Gasteiger partial charge in [0.15, 0.2) is 0 Å². The molecule has 6 aromatic carbocycles. The molecule has 0 aliphatic rings. The minimum Gasteiger partial charge on any atom is -0.456 e. The van der Waals surface area contributed by atoms with Gasteiger partial charge in [-0.15, -0.1) is 0 Å². The molecule has 0 atom stereocenters. The van der Waals surface area contributed by atoms with E-state index >= 15 is 0 Å². The van der Waals surface area contributed by atoms with Gasteiger partial charge in [-0.05, 0) is 76.6 Å². The number of benzene rings is 6. The molecule has 47 heavy (non-hydrogen) atoms. The van der Waals surface area contributed by atoms with Gasteiger partial charge >= 0.3 is 0 Å². The molecular formula is C43H34N2O2.